The van der Waals surface area contributed by atoms with Crippen molar-refractivity contribution in [2.75, 3.05) is 0 Å². The molecule has 1 rings (SSSR count). The molecular weight excluding hydrogens is 227 g/mol. The van der Waals surface area contributed by atoms with Crippen molar-refractivity contribution >= 4 is 6.21 Å². The second-order valence-electron chi connectivity index (χ2n) is 1.94. The summed E-state index contributed by atoms with van der Waals surface area (Å²) in [6.07, 6.45) is 3.81. The molecule has 0 aliphatic heterocycles. The van der Waals surface area contributed by atoms with Crippen LogP contribution >= 0.6 is 0 Å². The van der Waals surface area contributed by atoms with Crippen LogP contribution < -0.4 is 0 Å². The van der Waals surface area contributed by atoms with Crippen molar-refractivity contribution in [1.29, 1.82) is 0 Å². The largest absolute Gasteiger partial charge is 0.548 e. The number of phenols is 1. The summed E-state index contributed by atoms with van der Waals surface area (Å²) < 4.78 is 0. The second-order valence-corrected chi connectivity index (χ2v) is 1.94. The summed E-state index contributed by atoms with van der Waals surface area (Å²) in [4.78, 5) is 3.59. The molecule has 0 fully saturated rings. The Kier molecular flexibility index (Phi) is 5.86. The molecule has 59 valence electrons. The van der Waals surface area contributed by atoms with Gasteiger partial charge in [-0.2, -0.15) is 0 Å². The number of rotatable bonds is 2. The fourth-order valence-electron chi connectivity index (χ4n) is 0.648. The molecule has 0 saturated carbocycles. The first kappa shape index (κ1) is 11.5. The summed E-state index contributed by atoms with van der Waals surface area (Å²) in [7, 11) is 0. The summed E-state index contributed by atoms with van der Waals surface area (Å²) in [6.45, 7) is 5.00. The number of benzene rings is 1. The van der Waals surface area contributed by atoms with Crippen molar-refractivity contribution in [3.05, 3.63) is 42.6 Å². The van der Waals surface area contributed by atoms with E-state index in [-0.39, 0.29) is 38.5 Å². The summed E-state index contributed by atoms with van der Waals surface area (Å²) in [6, 6.07) is 6.52. The third-order valence-corrected chi connectivity index (χ3v) is 1.14. The molecule has 3 heteroatoms. The molecule has 1 N–H and O–H groups in total. The van der Waals surface area contributed by atoms with E-state index in [0.29, 0.717) is 0 Å². The fourth-order valence-corrected chi connectivity index (χ4v) is 0.648. The Balaban J connectivity index is 0.00000121. The van der Waals surface area contributed by atoms with Gasteiger partial charge in [0.1, 0.15) is 0 Å². The summed E-state index contributed by atoms with van der Waals surface area (Å²) in [5.41, 5.74) is 0.782. The van der Waals surface area contributed by atoms with Crippen LogP contribution in [0.5, 0.6) is 5.75 Å². The predicted molar refractivity (Wildman–Crippen MR) is 43.5 cm³/mol. The van der Waals surface area contributed by atoms with E-state index in [2.05, 4.69) is 11.2 Å². The van der Waals surface area contributed by atoms with E-state index >= 15 is 0 Å². The number of hydrogen-bond donors (Lipinski definition) is 1. The third-order valence-electron chi connectivity index (χ3n) is 1.14. The van der Waals surface area contributed by atoms with E-state index in [4.69, 9.17) is 11.7 Å². The minimum atomic E-state index is 0. The van der Waals surface area contributed by atoms with Gasteiger partial charge in [-0.3, -0.25) is 0 Å². The average molecular weight is 234 g/mol. The van der Waals surface area contributed by atoms with Crippen LogP contribution in [0.4, 0.5) is 0 Å². The Morgan fingerprint density at radius 1 is 1.33 bits per heavy atom. The van der Waals surface area contributed by atoms with E-state index in [9.17, 15) is 0 Å². The monoisotopic (exact) mass is 234 g/mol. The Labute approximate surface area is 96.9 Å². The van der Waals surface area contributed by atoms with Gasteiger partial charge < -0.3 is 16.7 Å². The standard InChI is InChI=1S/C9H7NO.Y/c1-2-10-7-8-3-5-9(11)6-4-8;/h1-6,11H;/q-2;. The van der Waals surface area contributed by atoms with Crippen molar-refractivity contribution in [2.24, 2.45) is 4.99 Å². The van der Waals surface area contributed by atoms with Crippen LogP contribution in [0.1, 0.15) is 5.56 Å². The second kappa shape index (κ2) is 6.09. The Morgan fingerprint density at radius 2 is 1.92 bits per heavy atom. The Bertz CT molecular complexity index is 266. The predicted octanol–water partition coefficient (Wildman–Crippen LogP) is 1.63. The van der Waals surface area contributed by atoms with Crippen molar-refractivity contribution in [3.63, 3.8) is 0 Å². The molecule has 0 amide bonds. The van der Waals surface area contributed by atoms with Gasteiger partial charge >= 0.3 is 0 Å². The molecular formula is C9H7NOY-2. The van der Waals surface area contributed by atoms with Gasteiger partial charge in [-0.1, -0.05) is 12.1 Å². The number of aliphatic imine (C=N–C) groups is 1. The fraction of sp³-hybridized carbons (Fsp3) is 0. The van der Waals surface area contributed by atoms with E-state index < -0.39 is 0 Å². The van der Waals surface area contributed by atoms with Gasteiger partial charge in [-0.05, 0) is 6.21 Å². The quantitative estimate of drug-likeness (QED) is 0.612. The molecule has 0 atom stereocenters. The molecule has 1 aromatic carbocycles. The molecule has 1 aromatic rings. The van der Waals surface area contributed by atoms with E-state index in [1.54, 1.807) is 24.3 Å². The van der Waals surface area contributed by atoms with E-state index in [0.717, 1.165) is 11.8 Å². The Hall–Kier alpha value is -0.466. The van der Waals surface area contributed by atoms with Crippen LogP contribution in [0.2, 0.25) is 0 Å². The first-order valence-corrected chi connectivity index (χ1v) is 3.11. The number of aromatic hydroxyl groups is 1. The molecule has 0 bridgehead atoms. The van der Waals surface area contributed by atoms with Crippen LogP contribution in [-0.2, 0) is 32.7 Å². The maximum Gasteiger partial charge on any atom is 0.0968 e. The minimum Gasteiger partial charge on any atom is -0.548 e. The van der Waals surface area contributed by atoms with Crippen LogP contribution in [-0.4, -0.2) is 11.3 Å². The average Bonchev–Trinajstić information content (AvgIpc) is 2.04. The molecule has 0 heterocycles. The molecule has 0 unspecified atom stereocenters. The molecule has 1 radical (unpaired) electrons. The molecule has 0 aromatic heterocycles. The van der Waals surface area contributed by atoms with E-state index in [1.165, 1.54) is 0 Å². The van der Waals surface area contributed by atoms with Crippen LogP contribution in [0.25, 0.3) is 0 Å². The van der Waals surface area contributed by atoms with E-state index in [1.807, 2.05) is 0 Å². The smallest absolute Gasteiger partial charge is 0.0968 e. The van der Waals surface area contributed by atoms with Gasteiger partial charge in [-0.25, -0.2) is 6.20 Å². The van der Waals surface area contributed by atoms with Crippen molar-refractivity contribution < 1.29 is 37.8 Å². The zero-order chi connectivity index (χ0) is 8.10. The van der Waals surface area contributed by atoms with Gasteiger partial charge in [0.15, 0.2) is 0 Å². The van der Waals surface area contributed by atoms with Gasteiger partial charge in [0.05, 0.1) is 5.75 Å². The molecule has 0 aliphatic rings. The molecule has 2 nitrogen and oxygen atoms in total. The van der Waals surface area contributed by atoms with Crippen molar-refractivity contribution in [1.82, 2.24) is 0 Å². The summed E-state index contributed by atoms with van der Waals surface area (Å²) in [5.74, 6) is 0.229. The maximum absolute atomic E-state index is 8.89. The zero-order valence-corrected chi connectivity index (χ0v) is 9.27. The number of nitrogens with zero attached hydrogens (tertiary/aromatic N) is 1. The third kappa shape index (κ3) is 3.79. The maximum atomic E-state index is 8.89. The van der Waals surface area contributed by atoms with Gasteiger partial charge in [-0.15, -0.1) is 17.7 Å². The minimum absolute atomic E-state index is 0. The van der Waals surface area contributed by atoms with Crippen molar-refractivity contribution in [3.8, 4) is 5.75 Å². The SMILES string of the molecule is [CH-]=CN=[C-]c1ccc(O)cc1.[Y]. The normalized spacial score (nSPS) is 9.33. The number of hydrogen-bond acceptors (Lipinski definition) is 2. The topological polar surface area (TPSA) is 32.6 Å². The van der Waals surface area contributed by atoms with Crippen molar-refractivity contribution in [2.45, 2.75) is 0 Å². The zero-order valence-electron chi connectivity index (χ0n) is 6.44. The van der Waals surface area contributed by atoms with Gasteiger partial charge in [0.2, 0.25) is 0 Å². The number of phenolic OH excluding ortho intramolecular Hbond substituents is 1. The molecule has 0 spiro atoms. The van der Waals surface area contributed by atoms with Crippen LogP contribution in [0, 0.1) is 6.58 Å². The van der Waals surface area contributed by atoms with Crippen LogP contribution in [0.3, 0.4) is 0 Å². The first-order chi connectivity index (χ1) is 5.33. The van der Waals surface area contributed by atoms with Crippen LogP contribution in [0.15, 0.2) is 35.5 Å². The first-order valence-electron chi connectivity index (χ1n) is 3.11. The van der Waals surface area contributed by atoms with Gasteiger partial charge in [0.25, 0.3) is 0 Å². The van der Waals surface area contributed by atoms with Gasteiger partial charge in [0, 0.05) is 32.7 Å². The molecule has 0 aliphatic carbocycles. The molecule has 12 heavy (non-hydrogen) atoms. The molecule has 0 saturated heterocycles. The summed E-state index contributed by atoms with van der Waals surface area (Å²) >= 11 is 0. The summed E-state index contributed by atoms with van der Waals surface area (Å²) in [5, 5.41) is 8.89. The Morgan fingerprint density at radius 3 is 2.42 bits per heavy atom.